The van der Waals surface area contributed by atoms with E-state index < -0.39 is 0 Å². The van der Waals surface area contributed by atoms with Crippen LogP contribution < -0.4 is 5.32 Å². The highest BCUT2D eigenvalue weighted by atomic mass is 16.2. The minimum absolute atomic E-state index is 0.223. The molecule has 0 bridgehead atoms. The monoisotopic (exact) mass is 292 g/mol. The molecule has 0 spiro atoms. The molecule has 21 heavy (non-hydrogen) atoms. The first-order valence-electron chi connectivity index (χ1n) is 7.86. The Morgan fingerprint density at radius 2 is 2.00 bits per heavy atom. The summed E-state index contributed by atoms with van der Waals surface area (Å²) in [5.41, 5.74) is 1.24. The summed E-state index contributed by atoms with van der Waals surface area (Å²) in [6.45, 7) is 10.4. The van der Waals surface area contributed by atoms with Crippen molar-refractivity contribution in [2.75, 3.05) is 39.8 Å². The van der Waals surface area contributed by atoms with Crippen LogP contribution in [0.15, 0.2) is 18.5 Å². The van der Waals surface area contributed by atoms with E-state index in [2.05, 4.69) is 43.4 Å². The molecule has 5 nitrogen and oxygen atoms in total. The molecule has 5 heteroatoms. The summed E-state index contributed by atoms with van der Waals surface area (Å²) in [5.74, 6) is 0.881. The Labute approximate surface area is 127 Å². The maximum Gasteiger partial charge on any atom is 0.242 e. The summed E-state index contributed by atoms with van der Waals surface area (Å²) < 4.78 is 1.99. The number of aromatic nitrogens is 1. The van der Waals surface area contributed by atoms with Gasteiger partial charge in [-0.15, -0.1) is 0 Å². The largest absolute Gasteiger partial charge is 0.345 e. The molecule has 1 N–H and O–H groups in total. The van der Waals surface area contributed by atoms with E-state index in [4.69, 9.17) is 0 Å². The van der Waals surface area contributed by atoms with Crippen molar-refractivity contribution in [2.24, 2.45) is 5.92 Å². The lowest BCUT2D eigenvalue weighted by molar-refractivity contribution is -0.133. The zero-order chi connectivity index (χ0) is 15.2. The lowest BCUT2D eigenvalue weighted by Crippen LogP contribution is -2.48. The van der Waals surface area contributed by atoms with E-state index in [-0.39, 0.29) is 5.91 Å². The van der Waals surface area contributed by atoms with Crippen molar-refractivity contribution in [3.63, 3.8) is 0 Å². The van der Waals surface area contributed by atoms with Gasteiger partial charge >= 0.3 is 0 Å². The van der Waals surface area contributed by atoms with Crippen LogP contribution in [0.25, 0.3) is 0 Å². The van der Waals surface area contributed by atoms with Crippen LogP contribution in [0.2, 0.25) is 0 Å². The highest BCUT2D eigenvalue weighted by molar-refractivity contribution is 5.76. The summed E-state index contributed by atoms with van der Waals surface area (Å²) in [4.78, 5) is 16.5. The molecular weight excluding hydrogens is 264 g/mol. The maximum atomic E-state index is 12.3. The zero-order valence-electron chi connectivity index (χ0n) is 13.5. The number of nitrogens with one attached hydrogen (secondary N) is 1. The molecule has 1 aliphatic heterocycles. The number of nitrogens with zero attached hydrogens (tertiary/aromatic N) is 3. The third-order valence-corrected chi connectivity index (χ3v) is 3.87. The maximum absolute atomic E-state index is 12.3. The second-order valence-electron chi connectivity index (χ2n) is 6.40. The van der Waals surface area contributed by atoms with Gasteiger partial charge in [0.05, 0.1) is 0 Å². The first-order chi connectivity index (χ1) is 10.0. The minimum Gasteiger partial charge on any atom is -0.345 e. The van der Waals surface area contributed by atoms with Crippen LogP contribution >= 0.6 is 0 Å². The van der Waals surface area contributed by atoms with Crippen molar-refractivity contribution in [3.8, 4) is 0 Å². The molecule has 0 aliphatic carbocycles. The molecule has 1 aromatic rings. The fourth-order valence-corrected chi connectivity index (χ4v) is 2.51. The third kappa shape index (κ3) is 5.17. The third-order valence-electron chi connectivity index (χ3n) is 3.87. The summed E-state index contributed by atoms with van der Waals surface area (Å²) >= 11 is 0. The molecule has 118 valence electrons. The predicted molar refractivity (Wildman–Crippen MR) is 85.1 cm³/mol. The molecule has 2 heterocycles. The molecule has 1 saturated heterocycles. The van der Waals surface area contributed by atoms with Crippen molar-refractivity contribution < 1.29 is 4.79 Å². The summed E-state index contributed by atoms with van der Waals surface area (Å²) in [7, 11) is 2.10. The lowest BCUT2D eigenvalue weighted by Gasteiger charge is -2.32. The Morgan fingerprint density at radius 1 is 1.29 bits per heavy atom. The van der Waals surface area contributed by atoms with Gasteiger partial charge in [-0.3, -0.25) is 4.79 Å². The standard InChI is InChI=1S/C16H28N4O/c1-14(2)10-17-11-15-4-5-19(12-15)13-16(21)20-8-6-18(3)7-9-20/h4-5,12,14,17H,6-11,13H2,1-3H3. The van der Waals surface area contributed by atoms with E-state index in [1.807, 2.05) is 15.7 Å². The van der Waals surface area contributed by atoms with Crippen molar-refractivity contribution in [1.82, 2.24) is 19.7 Å². The van der Waals surface area contributed by atoms with Gasteiger partial charge in [0.1, 0.15) is 6.54 Å². The number of piperazine rings is 1. The highest BCUT2D eigenvalue weighted by Crippen LogP contribution is 2.05. The van der Waals surface area contributed by atoms with E-state index in [9.17, 15) is 4.79 Å². The molecule has 2 rings (SSSR count). The smallest absolute Gasteiger partial charge is 0.242 e. The molecular formula is C16H28N4O. The van der Waals surface area contributed by atoms with Gasteiger partial charge in [0.25, 0.3) is 0 Å². The van der Waals surface area contributed by atoms with Crippen LogP contribution in [-0.4, -0.2) is 60.0 Å². The van der Waals surface area contributed by atoms with E-state index >= 15 is 0 Å². The lowest BCUT2D eigenvalue weighted by atomic mass is 10.2. The van der Waals surface area contributed by atoms with Gasteiger partial charge in [-0.2, -0.15) is 0 Å². The summed E-state index contributed by atoms with van der Waals surface area (Å²) in [6.07, 6.45) is 4.07. The number of amides is 1. The number of rotatable bonds is 6. The average Bonchev–Trinajstić information content (AvgIpc) is 2.86. The fraction of sp³-hybridized carbons (Fsp3) is 0.688. The highest BCUT2D eigenvalue weighted by Gasteiger charge is 2.18. The van der Waals surface area contributed by atoms with Crippen LogP contribution in [0.5, 0.6) is 0 Å². The second-order valence-corrected chi connectivity index (χ2v) is 6.40. The first-order valence-corrected chi connectivity index (χ1v) is 7.86. The van der Waals surface area contributed by atoms with Crippen molar-refractivity contribution >= 4 is 5.91 Å². The van der Waals surface area contributed by atoms with Gasteiger partial charge in [-0.25, -0.2) is 0 Å². The molecule has 0 radical (unpaired) electrons. The molecule has 1 aromatic heterocycles. The number of likely N-dealkylation sites (N-methyl/N-ethyl adjacent to an activating group) is 1. The SMILES string of the molecule is CC(C)CNCc1ccn(CC(=O)N2CCN(C)CC2)c1. The molecule has 1 amide bonds. The van der Waals surface area contributed by atoms with Gasteiger partial charge in [0.2, 0.25) is 5.91 Å². The van der Waals surface area contributed by atoms with E-state index in [1.165, 1.54) is 5.56 Å². The first kappa shape index (κ1) is 16.0. The molecule has 1 fully saturated rings. The summed E-state index contributed by atoms with van der Waals surface area (Å²) in [6, 6.07) is 2.09. The molecule has 0 saturated carbocycles. The molecule has 0 aromatic carbocycles. The van der Waals surface area contributed by atoms with Crippen molar-refractivity contribution in [1.29, 1.82) is 0 Å². The number of hydrogen-bond acceptors (Lipinski definition) is 3. The topological polar surface area (TPSA) is 40.5 Å². The number of carbonyl (C=O) groups is 1. The van der Waals surface area contributed by atoms with Crippen LogP contribution in [0.3, 0.4) is 0 Å². The molecule has 0 atom stereocenters. The second kappa shape index (κ2) is 7.61. The Hall–Kier alpha value is -1.33. The van der Waals surface area contributed by atoms with Gasteiger partial charge < -0.3 is 19.7 Å². The Kier molecular flexibility index (Phi) is 5.82. The van der Waals surface area contributed by atoms with Gasteiger partial charge in [-0.1, -0.05) is 13.8 Å². The van der Waals surface area contributed by atoms with Crippen LogP contribution in [0.4, 0.5) is 0 Å². The van der Waals surface area contributed by atoms with E-state index in [0.717, 1.165) is 39.3 Å². The van der Waals surface area contributed by atoms with E-state index in [0.29, 0.717) is 12.5 Å². The molecule has 1 aliphatic rings. The van der Waals surface area contributed by atoms with Gasteiger partial charge in [0, 0.05) is 45.1 Å². The van der Waals surface area contributed by atoms with Crippen LogP contribution in [-0.2, 0) is 17.9 Å². The molecule has 0 unspecified atom stereocenters. The Bertz CT molecular complexity index is 447. The fourth-order valence-electron chi connectivity index (χ4n) is 2.51. The van der Waals surface area contributed by atoms with Gasteiger partial charge in [-0.05, 0) is 31.1 Å². The minimum atomic E-state index is 0.223. The van der Waals surface area contributed by atoms with Crippen molar-refractivity contribution in [3.05, 3.63) is 24.0 Å². The van der Waals surface area contributed by atoms with E-state index in [1.54, 1.807) is 0 Å². The average molecular weight is 292 g/mol. The quantitative estimate of drug-likeness (QED) is 0.850. The summed E-state index contributed by atoms with van der Waals surface area (Å²) in [5, 5.41) is 3.42. The van der Waals surface area contributed by atoms with Crippen LogP contribution in [0, 0.1) is 5.92 Å². The zero-order valence-corrected chi connectivity index (χ0v) is 13.5. The van der Waals surface area contributed by atoms with Crippen LogP contribution in [0.1, 0.15) is 19.4 Å². The van der Waals surface area contributed by atoms with Crippen molar-refractivity contribution in [2.45, 2.75) is 26.9 Å². The Balaban J connectivity index is 1.77. The predicted octanol–water partition coefficient (Wildman–Crippen LogP) is 1.01. The number of hydrogen-bond donors (Lipinski definition) is 1. The number of carbonyl (C=O) groups excluding carboxylic acids is 1. The van der Waals surface area contributed by atoms with Gasteiger partial charge in [0.15, 0.2) is 0 Å². The Morgan fingerprint density at radius 3 is 2.67 bits per heavy atom. The normalized spacial score (nSPS) is 16.7.